The maximum absolute atomic E-state index is 12.7. The van der Waals surface area contributed by atoms with E-state index in [1.54, 1.807) is 18.2 Å². The van der Waals surface area contributed by atoms with Crippen molar-refractivity contribution in [1.29, 1.82) is 0 Å². The number of nitrogens with zero attached hydrogens (tertiary/aromatic N) is 1. The van der Waals surface area contributed by atoms with Crippen LogP contribution in [0.15, 0.2) is 48.0 Å². The van der Waals surface area contributed by atoms with Crippen molar-refractivity contribution >= 4 is 23.6 Å². The predicted octanol–water partition coefficient (Wildman–Crippen LogP) is 3.92. The monoisotopic (exact) mass is 358 g/mol. The van der Waals surface area contributed by atoms with Gasteiger partial charge in [-0.3, -0.25) is 15.0 Å². The van der Waals surface area contributed by atoms with Crippen LogP contribution in [-0.4, -0.2) is 11.8 Å². The zero-order valence-corrected chi connectivity index (χ0v) is 15.8. The van der Waals surface area contributed by atoms with Gasteiger partial charge in [-0.25, -0.2) is 5.01 Å². The molecule has 2 aromatic carbocycles. The van der Waals surface area contributed by atoms with Crippen LogP contribution in [0.1, 0.15) is 42.0 Å². The van der Waals surface area contributed by atoms with E-state index in [9.17, 15) is 9.59 Å². The fraction of sp³-hybridized carbons (Fsp3) is 0.217. The van der Waals surface area contributed by atoms with Gasteiger partial charge in [0, 0.05) is 12.0 Å². The van der Waals surface area contributed by atoms with E-state index in [0.29, 0.717) is 5.69 Å². The van der Waals surface area contributed by atoms with Crippen LogP contribution in [0.25, 0.3) is 6.08 Å². The van der Waals surface area contributed by atoms with Crippen LogP contribution in [0, 0.1) is 25.7 Å². The fourth-order valence-corrected chi connectivity index (χ4v) is 2.89. The van der Waals surface area contributed by atoms with Crippen molar-refractivity contribution in [2.24, 2.45) is 0 Å². The van der Waals surface area contributed by atoms with Gasteiger partial charge in [0.2, 0.25) is 0 Å². The van der Waals surface area contributed by atoms with Crippen molar-refractivity contribution in [2.45, 2.75) is 33.6 Å². The van der Waals surface area contributed by atoms with E-state index in [4.69, 9.17) is 0 Å². The summed E-state index contributed by atoms with van der Waals surface area (Å²) in [6.45, 7) is 6.10. The summed E-state index contributed by atoms with van der Waals surface area (Å²) in [6, 6.07) is 12.9. The lowest BCUT2D eigenvalue weighted by atomic mass is 9.96. The van der Waals surface area contributed by atoms with E-state index in [1.807, 2.05) is 44.2 Å². The number of hydrazine groups is 1. The lowest BCUT2D eigenvalue weighted by Crippen LogP contribution is -2.35. The van der Waals surface area contributed by atoms with Gasteiger partial charge in [0.05, 0.1) is 5.69 Å². The molecule has 1 fully saturated rings. The largest absolute Gasteiger partial charge is 0.282 e. The third-order valence-electron chi connectivity index (χ3n) is 4.63. The smallest absolute Gasteiger partial charge is 0.267 e. The van der Waals surface area contributed by atoms with Crippen LogP contribution in [0.3, 0.4) is 0 Å². The van der Waals surface area contributed by atoms with Crippen LogP contribution in [0.5, 0.6) is 0 Å². The van der Waals surface area contributed by atoms with Gasteiger partial charge in [0.25, 0.3) is 11.8 Å². The molecule has 0 saturated carbocycles. The van der Waals surface area contributed by atoms with E-state index < -0.39 is 5.91 Å². The van der Waals surface area contributed by atoms with Crippen molar-refractivity contribution in [1.82, 2.24) is 5.43 Å². The Labute approximate surface area is 159 Å². The van der Waals surface area contributed by atoms with Gasteiger partial charge < -0.3 is 0 Å². The molecule has 0 radical (unpaired) electrons. The Balaban J connectivity index is 1.93. The molecule has 1 N–H and O–H groups in total. The molecular formula is C23H22N2O2. The number of hydrogen-bond acceptors (Lipinski definition) is 2. The molecule has 0 spiro atoms. The summed E-state index contributed by atoms with van der Waals surface area (Å²) in [6.07, 6.45) is 3.56. The molecule has 3 rings (SSSR count). The molecule has 27 heavy (non-hydrogen) atoms. The molecule has 1 saturated heterocycles. The number of nitrogens with one attached hydrogen (secondary N) is 1. The number of para-hydroxylation sites is 1. The van der Waals surface area contributed by atoms with Crippen molar-refractivity contribution in [2.75, 3.05) is 5.01 Å². The average Bonchev–Trinajstić information content (AvgIpc) is 2.96. The molecule has 4 heteroatoms. The zero-order chi connectivity index (χ0) is 19.4. The Hall–Kier alpha value is -3.32. The van der Waals surface area contributed by atoms with Gasteiger partial charge in [-0.2, -0.15) is 0 Å². The third-order valence-corrected chi connectivity index (χ3v) is 4.63. The molecule has 0 aromatic heterocycles. The maximum atomic E-state index is 12.7. The summed E-state index contributed by atoms with van der Waals surface area (Å²) < 4.78 is 0. The number of anilines is 1. The SMILES string of the molecule is CCCC#Cc1ccc(C=C2C(=O)NN(c3ccccc3)C2=O)c(C)c1C. The highest BCUT2D eigenvalue weighted by molar-refractivity contribution is 6.31. The lowest BCUT2D eigenvalue weighted by Gasteiger charge is -2.14. The minimum atomic E-state index is -0.396. The van der Waals surface area contributed by atoms with Crippen molar-refractivity contribution in [3.8, 4) is 11.8 Å². The summed E-state index contributed by atoms with van der Waals surface area (Å²) in [5, 5.41) is 1.28. The number of carbonyl (C=O) groups excluding carboxylic acids is 2. The standard InChI is InChI=1S/C23H22N2O2/c1-4-5-7-10-18-13-14-19(17(3)16(18)2)15-21-22(26)24-25(23(21)27)20-11-8-6-9-12-20/h6,8-9,11-15H,4-5H2,1-3H3,(H,24,26). The first-order valence-electron chi connectivity index (χ1n) is 9.04. The summed E-state index contributed by atoms with van der Waals surface area (Å²) in [7, 11) is 0. The van der Waals surface area contributed by atoms with Crippen LogP contribution < -0.4 is 10.4 Å². The first-order valence-corrected chi connectivity index (χ1v) is 9.04. The van der Waals surface area contributed by atoms with Crippen molar-refractivity contribution < 1.29 is 9.59 Å². The first kappa shape index (κ1) is 18.5. The molecule has 1 heterocycles. The summed E-state index contributed by atoms with van der Waals surface area (Å²) >= 11 is 0. The zero-order valence-electron chi connectivity index (χ0n) is 15.8. The number of amides is 2. The number of hydrogen-bond donors (Lipinski definition) is 1. The summed E-state index contributed by atoms with van der Waals surface area (Å²) in [4.78, 5) is 25.1. The topological polar surface area (TPSA) is 49.4 Å². The molecule has 0 aliphatic carbocycles. The third kappa shape index (κ3) is 3.78. The second-order valence-electron chi connectivity index (χ2n) is 6.48. The van der Waals surface area contributed by atoms with Crippen LogP contribution in [0.2, 0.25) is 0 Å². The Morgan fingerprint density at radius 2 is 1.78 bits per heavy atom. The van der Waals surface area contributed by atoms with Gasteiger partial charge in [-0.15, -0.1) is 0 Å². The van der Waals surface area contributed by atoms with Crippen LogP contribution in [-0.2, 0) is 9.59 Å². The number of unbranched alkanes of at least 4 members (excludes halogenated alkanes) is 1. The summed E-state index contributed by atoms with van der Waals surface area (Å²) in [5.74, 6) is 5.61. The van der Waals surface area contributed by atoms with Crippen LogP contribution >= 0.6 is 0 Å². The van der Waals surface area contributed by atoms with Crippen molar-refractivity contribution in [3.63, 3.8) is 0 Å². The molecule has 1 aliphatic heterocycles. The fourth-order valence-electron chi connectivity index (χ4n) is 2.89. The van der Waals surface area contributed by atoms with E-state index in [2.05, 4.69) is 24.2 Å². The van der Waals surface area contributed by atoms with E-state index in [1.165, 1.54) is 5.01 Å². The molecule has 1 aliphatic rings. The van der Waals surface area contributed by atoms with E-state index in [0.717, 1.165) is 35.1 Å². The Bertz CT molecular complexity index is 979. The minimum absolute atomic E-state index is 0.131. The Morgan fingerprint density at radius 1 is 1.04 bits per heavy atom. The molecule has 2 aromatic rings. The highest BCUT2D eigenvalue weighted by Gasteiger charge is 2.34. The maximum Gasteiger partial charge on any atom is 0.282 e. The quantitative estimate of drug-likeness (QED) is 0.514. The molecule has 0 bridgehead atoms. The normalized spacial score (nSPS) is 14.9. The van der Waals surface area contributed by atoms with Crippen LogP contribution in [0.4, 0.5) is 5.69 Å². The second-order valence-corrected chi connectivity index (χ2v) is 6.48. The Kier molecular flexibility index (Phi) is 5.42. The van der Waals surface area contributed by atoms with E-state index >= 15 is 0 Å². The molecular weight excluding hydrogens is 336 g/mol. The first-order chi connectivity index (χ1) is 13.0. The second kappa shape index (κ2) is 7.92. The van der Waals surface area contributed by atoms with Gasteiger partial charge >= 0.3 is 0 Å². The molecule has 4 nitrogen and oxygen atoms in total. The predicted molar refractivity (Wildman–Crippen MR) is 108 cm³/mol. The molecule has 0 atom stereocenters. The number of rotatable bonds is 3. The highest BCUT2D eigenvalue weighted by atomic mass is 16.2. The molecule has 0 unspecified atom stereocenters. The minimum Gasteiger partial charge on any atom is -0.267 e. The highest BCUT2D eigenvalue weighted by Crippen LogP contribution is 2.24. The van der Waals surface area contributed by atoms with Gasteiger partial charge in [0.1, 0.15) is 5.57 Å². The molecule has 136 valence electrons. The van der Waals surface area contributed by atoms with Gasteiger partial charge in [0.15, 0.2) is 0 Å². The Morgan fingerprint density at radius 3 is 2.48 bits per heavy atom. The number of benzene rings is 2. The van der Waals surface area contributed by atoms with Crippen molar-refractivity contribution in [3.05, 3.63) is 70.3 Å². The van der Waals surface area contributed by atoms with Gasteiger partial charge in [-0.05, 0) is 61.2 Å². The average molecular weight is 358 g/mol. The lowest BCUT2D eigenvalue weighted by molar-refractivity contribution is -0.117. The molecule has 2 amide bonds. The number of carbonyl (C=O) groups is 2. The van der Waals surface area contributed by atoms with Gasteiger partial charge in [-0.1, -0.05) is 43.0 Å². The van der Waals surface area contributed by atoms with E-state index in [-0.39, 0.29) is 11.5 Å². The summed E-state index contributed by atoms with van der Waals surface area (Å²) in [5.41, 5.74) is 7.31.